The van der Waals surface area contributed by atoms with Crippen molar-refractivity contribution in [2.75, 3.05) is 7.11 Å². The Kier molecular flexibility index (Phi) is 3.91. The van der Waals surface area contributed by atoms with Crippen LogP contribution >= 0.6 is 0 Å². The summed E-state index contributed by atoms with van der Waals surface area (Å²) >= 11 is 0. The fourth-order valence-electron chi connectivity index (χ4n) is 1.51. The van der Waals surface area contributed by atoms with Crippen molar-refractivity contribution >= 4 is 6.29 Å². The van der Waals surface area contributed by atoms with Crippen molar-refractivity contribution in [2.24, 2.45) is 0 Å². The molecule has 0 aliphatic carbocycles. The van der Waals surface area contributed by atoms with E-state index in [2.05, 4.69) is 4.98 Å². The Bertz CT molecular complexity index is 540. The van der Waals surface area contributed by atoms with E-state index in [-0.39, 0.29) is 0 Å². The molecule has 0 aliphatic heterocycles. The van der Waals surface area contributed by atoms with E-state index in [1.165, 1.54) is 6.20 Å². The first-order valence-corrected chi connectivity index (χ1v) is 5.48. The summed E-state index contributed by atoms with van der Waals surface area (Å²) in [5, 5.41) is 0. The largest absolute Gasteiger partial charge is 0.497 e. The maximum Gasteiger partial charge on any atom is 0.151 e. The number of carbonyl (C=O) groups excluding carboxylic acids is 1. The molecule has 0 bridgehead atoms. The van der Waals surface area contributed by atoms with Gasteiger partial charge in [0.15, 0.2) is 6.29 Å². The number of pyridine rings is 1. The van der Waals surface area contributed by atoms with Crippen molar-refractivity contribution in [2.45, 2.75) is 6.61 Å². The van der Waals surface area contributed by atoms with E-state index in [0.29, 0.717) is 17.9 Å². The normalized spacial score (nSPS) is 9.83. The van der Waals surface area contributed by atoms with Crippen molar-refractivity contribution in [1.82, 2.24) is 4.98 Å². The van der Waals surface area contributed by atoms with Crippen LogP contribution < -0.4 is 9.47 Å². The lowest BCUT2D eigenvalue weighted by molar-refractivity contribution is 0.112. The maximum absolute atomic E-state index is 10.6. The van der Waals surface area contributed by atoms with Crippen LogP contribution in [0.3, 0.4) is 0 Å². The number of hydrogen-bond acceptors (Lipinski definition) is 4. The van der Waals surface area contributed by atoms with Crippen molar-refractivity contribution in [1.29, 1.82) is 0 Å². The maximum atomic E-state index is 10.6. The molecule has 0 N–H and O–H groups in total. The summed E-state index contributed by atoms with van der Waals surface area (Å²) in [5.74, 6) is 1.36. The summed E-state index contributed by atoms with van der Waals surface area (Å²) < 4.78 is 10.7. The summed E-state index contributed by atoms with van der Waals surface area (Å²) in [6.07, 6.45) is 3.81. The van der Waals surface area contributed by atoms with Gasteiger partial charge in [0.1, 0.15) is 18.1 Å². The lowest BCUT2D eigenvalue weighted by Crippen LogP contribution is -1.97. The molecule has 92 valence electrons. The quantitative estimate of drug-likeness (QED) is 0.757. The van der Waals surface area contributed by atoms with Gasteiger partial charge in [0.25, 0.3) is 0 Å². The molecule has 2 aromatic rings. The highest BCUT2D eigenvalue weighted by Gasteiger charge is 1.99. The van der Waals surface area contributed by atoms with Gasteiger partial charge in [0.2, 0.25) is 0 Å². The Morgan fingerprint density at radius 3 is 2.89 bits per heavy atom. The van der Waals surface area contributed by atoms with E-state index in [9.17, 15) is 4.79 Å². The molecule has 4 heteroatoms. The number of nitrogens with zero attached hydrogens (tertiary/aromatic N) is 1. The van der Waals surface area contributed by atoms with Gasteiger partial charge in [-0.25, -0.2) is 0 Å². The van der Waals surface area contributed by atoms with Crippen LogP contribution in [0.15, 0.2) is 42.7 Å². The van der Waals surface area contributed by atoms with Gasteiger partial charge in [0.05, 0.1) is 13.3 Å². The molecule has 0 unspecified atom stereocenters. The highest BCUT2D eigenvalue weighted by molar-refractivity contribution is 5.74. The predicted molar refractivity (Wildman–Crippen MR) is 67.0 cm³/mol. The van der Waals surface area contributed by atoms with Gasteiger partial charge >= 0.3 is 0 Å². The minimum Gasteiger partial charge on any atom is -0.497 e. The summed E-state index contributed by atoms with van der Waals surface area (Å²) in [6.45, 7) is 0.404. The third-order valence-corrected chi connectivity index (χ3v) is 2.41. The zero-order chi connectivity index (χ0) is 12.8. The van der Waals surface area contributed by atoms with Crippen LogP contribution in [0.25, 0.3) is 0 Å². The lowest BCUT2D eigenvalue weighted by Gasteiger charge is -2.07. The third kappa shape index (κ3) is 3.07. The van der Waals surface area contributed by atoms with Gasteiger partial charge in [-0.2, -0.15) is 0 Å². The molecule has 0 spiro atoms. The highest BCUT2D eigenvalue weighted by Crippen LogP contribution is 2.16. The van der Waals surface area contributed by atoms with E-state index in [1.807, 2.05) is 24.3 Å². The summed E-state index contributed by atoms with van der Waals surface area (Å²) in [4.78, 5) is 14.5. The topological polar surface area (TPSA) is 48.4 Å². The van der Waals surface area contributed by atoms with Gasteiger partial charge in [-0.15, -0.1) is 0 Å². The van der Waals surface area contributed by atoms with Crippen LogP contribution in [0.4, 0.5) is 0 Å². The molecule has 0 radical (unpaired) electrons. The second kappa shape index (κ2) is 5.82. The van der Waals surface area contributed by atoms with Crippen LogP contribution in [0.2, 0.25) is 0 Å². The van der Waals surface area contributed by atoms with E-state index in [1.54, 1.807) is 19.4 Å². The zero-order valence-corrected chi connectivity index (χ0v) is 10.00. The second-order valence-electron chi connectivity index (χ2n) is 3.71. The van der Waals surface area contributed by atoms with Crippen molar-refractivity contribution in [3.8, 4) is 11.5 Å². The standard InChI is InChI=1S/C14H13NO3/c1-17-13-4-2-3-11(5-13)10-18-14-6-12(9-16)7-15-8-14/h2-9H,10H2,1H3. The molecule has 0 fully saturated rings. The first kappa shape index (κ1) is 12.1. The number of hydrogen-bond donors (Lipinski definition) is 0. The number of methoxy groups -OCH3 is 1. The van der Waals surface area contributed by atoms with Gasteiger partial charge in [-0.1, -0.05) is 12.1 Å². The monoisotopic (exact) mass is 243 g/mol. The van der Waals surface area contributed by atoms with E-state index in [0.717, 1.165) is 17.6 Å². The van der Waals surface area contributed by atoms with Gasteiger partial charge in [-0.3, -0.25) is 9.78 Å². The van der Waals surface area contributed by atoms with Gasteiger partial charge in [-0.05, 0) is 23.8 Å². The van der Waals surface area contributed by atoms with Crippen molar-refractivity contribution in [3.63, 3.8) is 0 Å². The molecular formula is C14H13NO3. The molecule has 1 heterocycles. The highest BCUT2D eigenvalue weighted by atomic mass is 16.5. The van der Waals surface area contributed by atoms with E-state index >= 15 is 0 Å². The number of benzene rings is 1. The number of aromatic nitrogens is 1. The molecule has 0 atom stereocenters. The van der Waals surface area contributed by atoms with Crippen LogP contribution in [0.1, 0.15) is 15.9 Å². The first-order chi connectivity index (χ1) is 8.81. The Hall–Kier alpha value is -2.36. The molecule has 1 aromatic carbocycles. The Morgan fingerprint density at radius 2 is 2.11 bits per heavy atom. The van der Waals surface area contributed by atoms with Crippen LogP contribution in [-0.2, 0) is 6.61 Å². The zero-order valence-electron chi connectivity index (χ0n) is 10.00. The number of ether oxygens (including phenoxy) is 2. The molecule has 1 aromatic heterocycles. The van der Waals surface area contributed by atoms with Crippen LogP contribution in [0, 0.1) is 0 Å². The predicted octanol–water partition coefficient (Wildman–Crippen LogP) is 2.48. The van der Waals surface area contributed by atoms with E-state index in [4.69, 9.17) is 9.47 Å². The lowest BCUT2D eigenvalue weighted by atomic mass is 10.2. The summed E-state index contributed by atoms with van der Waals surface area (Å²) in [7, 11) is 1.62. The van der Waals surface area contributed by atoms with Crippen molar-refractivity contribution < 1.29 is 14.3 Å². The minimum atomic E-state index is 0.404. The smallest absolute Gasteiger partial charge is 0.151 e. The first-order valence-electron chi connectivity index (χ1n) is 5.48. The Labute approximate surface area is 105 Å². The molecular weight excluding hydrogens is 230 g/mol. The minimum absolute atomic E-state index is 0.404. The Balaban J connectivity index is 2.03. The molecule has 0 saturated carbocycles. The molecule has 18 heavy (non-hydrogen) atoms. The van der Waals surface area contributed by atoms with Gasteiger partial charge < -0.3 is 9.47 Å². The Morgan fingerprint density at radius 1 is 1.22 bits per heavy atom. The van der Waals surface area contributed by atoms with Crippen LogP contribution in [-0.4, -0.2) is 18.4 Å². The van der Waals surface area contributed by atoms with E-state index < -0.39 is 0 Å². The second-order valence-corrected chi connectivity index (χ2v) is 3.71. The fourth-order valence-corrected chi connectivity index (χ4v) is 1.51. The van der Waals surface area contributed by atoms with Crippen LogP contribution in [0.5, 0.6) is 11.5 Å². The molecule has 0 saturated heterocycles. The van der Waals surface area contributed by atoms with Crippen molar-refractivity contribution in [3.05, 3.63) is 53.9 Å². The average Bonchev–Trinajstić information content (AvgIpc) is 2.45. The SMILES string of the molecule is COc1cccc(COc2cncc(C=O)c2)c1. The fraction of sp³-hybridized carbons (Fsp3) is 0.143. The molecule has 0 amide bonds. The molecule has 2 rings (SSSR count). The third-order valence-electron chi connectivity index (χ3n) is 2.41. The summed E-state index contributed by atoms with van der Waals surface area (Å²) in [5.41, 5.74) is 1.49. The van der Waals surface area contributed by atoms with Gasteiger partial charge in [0, 0.05) is 11.8 Å². The molecule has 0 aliphatic rings. The average molecular weight is 243 g/mol. The summed E-state index contributed by atoms with van der Waals surface area (Å²) in [6, 6.07) is 9.27. The number of rotatable bonds is 5. The number of carbonyl (C=O) groups is 1. The number of aldehydes is 1. The molecule has 4 nitrogen and oxygen atoms in total.